The molecule has 0 heteroatoms. The second-order valence-corrected chi connectivity index (χ2v) is 8.30. The van der Waals surface area contributed by atoms with Gasteiger partial charge in [-0.2, -0.15) is 0 Å². The maximum absolute atomic E-state index is 3.77. The third kappa shape index (κ3) is 44.0. The molecule has 0 radical (unpaired) electrons. The highest BCUT2D eigenvalue weighted by Crippen LogP contribution is 2.20. The summed E-state index contributed by atoms with van der Waals surface area (Å²) in [6.07, 6.45) is 21.0. The van der Waals surface area contributed by atoms with E-state index >= 15 is 0 Å². The van der Waals surface area contributed by atoms with Crippen molar-refractivity contribution in [3.05, 3.63) is 83.6 Å². The van der Waals surface area contributed by atoms with Crippen LogP contribution in [0.4, 0.5) is 0 Å². The van der Waals surface area contributed by atoms with Gasteiger partial charge in [0.1, 0.15) is 0 Å². The van der Waals surface area contributed by atoms with Crippen molar-refractivity contribution in [3.63, 3.8) is 0 Å². The maximum atomic E-state index is 3.77. The third-order valence-corrected chi connectivity index (χ3v) is 4.40. The van der Waals surface area contributed by atoms with Crippen molar-refractivity contribution < 1.29 is 0 Å². The monoisotopic (exact) mass is 473 g/mol. The van der Waals surface area contributed by atoms with E-state index in [1.165, 1.54) is 36.8 Å². The minimum absolute atomic E-state index is 0.765. The Labute approximate surface area is 218 Å². The van der Waals surface area contributed by atoms with Crippen LogP contribution >= 0.6 is 0 Å². The fourth-order valence-electron chi connectivity index (χ4n) is 2.47. The predicted molar refractivity (Wildman–Crippen MR) is 167 cm³/mol. The van der Waals surface area contributed by atoms with E-state index < -0.39 is 0 Å². The van der Waals surface area contributed by atoms with Gasteiger partial charge in [0, 0.05) is 0 Å². The van der Waals surface area contributed by atoms with E-state index in [0.29, 0.717) is 0 Å². The second kappa shape index (κ2) is 35.8. The molecular formula is C34H64. The average Bonchev–Trinajstić information content (AvgIpc) is 2.80. The lowest BCUT2D eigenvalue weighted by Crippen LogP contribution is -1.98. The minimum Gasteiger partial charge on any atom is -0.0961 e. The first-order valence-corrected chi connectivity index (χ1v) is 13.7. The summed E-state index contributed by atoms with van der Waals surface area (Å²) in [7, 11) is 0. The van der Waals surface area contributed by atoms with Crippen LogP contribution in [0.2, 0.25) is 0 Å². The zero-order chi connectivity index (χ0) is 27.9. The van der Waals surface area contributed by atoms with E-state index in [1.54, 1.807) is 5.57 Å². The van der Waals surface area contributed by atoms with Crippen LogP contribution in [0, 0.1) is 5.92 Å². The fraction of sp³-hybridized carbons (Fsp3) is 0.588. The van der Waals surface area contributed by atoms with Crippen LogP contribution in [-0.2, 0) is 0 Å². The van der Waals surface area contributed by atoms with Crippen molar-refractivity contribution in [1.82, 2.24) is 0 Å². The topological polar surface area (TPSA) is 0 Å². The Balaban J connectivity index is -0.000000118. The molecule has 0 aromatic carbocycles. The van der Waals surface area contributed by atoms with E-state index in [-0.39, 0.29) is 0 Å². The zero-order valence-corrected chi connectivity index (χ0v) is 26.1. The first-order valence-electron chi connectivity index (χ1n) is 13.7. The Hall–Kier alpha value is -1.82. The van der Waals surface area contributed by atoms with Crippen molar-refractivity contribution in [3.8, 4) is 0 Å². The summed E-state index contributed by atoms with van der Waals surface area (Å²) in [5.41, 5.74) is 6.54. The highest BCUT2D eigenvalue weighted by Gasteiger charge is 2.04. The first-order chi connectivity index (χ1) is 16.0. The normalized spacial score (nSPS) is 11.5. The molecule has 200 valence electrons. The van der Waals surface area contributed by atoms with Crippen LogP contribution in [0.25, 0.3) is 0 Å². The first kappa shape index (κ1) is 42.3. The molecule has 0 aliphatic heterocycles. The van der Waals surface area contributed by atoms with Gasteiger partial charge >= 0.3 is 0 Å². The van der Waals surface area contributed by atoms with Crippen molar-refractivity contribution >= 4 is 0 Å². The molecule has 0 saturated carbocycles. The molecule has 0 aliphatic carbocycles. The standard InChI is InChI=1S/C13H24.C9H14.C8H14.2C2H6/c1-5-8-10-12(4)13(7-3)11-9-6-2;1-8(2)6-5-7-9(3)4;1-5-8(4)6-7(2)3;2*1-2/h6,9,11-12H,5,7-8,10H2,1-4H3;5-7H,1H2,2-4H3;6H,2,5H2,1,3-4H3;2*1-2H3/b9-6-,13-11+;6-5-;8-6+;;. The van der Waals surface area contributed by atoms with E-state index in [2.05, 4.69) is 98.9 Å². The van der Waals surface area contributed by atoms with Crippen molar-refractivity contribution in [1.29, 1.82) is 0 Å². The molecule has 0 aliphatic rings. The van der Waals surface area contributed by atoms with Gasteiger partial charge in [0.2, 0.25) is 0 Å². The van der Waals surface area contributed by atoms with Crippen LogP contribution in [0.1, 0.15) is 129 Å². The molecule has 0 fully saturated rings. The van der Waals surface area contributed by atoms with Crippen LogP contribution in [0.3, 0.4) is 0 Å². The van der Waals surface area contributed by atoms with Crippen molar-refractivity contribution in [2.45, 2.75) is 129 Å². The lowest BCUT2D eigenvalue weighted by molar-refractivity contribution is 0.559. The fourth-order valence-corrected chi connectivity index (χ4v) is 2.47. The Morgan fingerprint density at radius 3 is 1.59 bits per heavy atom. The number of unbranched alkanes of at least 4 members (excludes halogenated alkanes) is 1. The summed E-state index contributed by atoms with van der Waals surface area (Å²) in [5, 5.41) is 0. The average molecular weight is 473 g/mol. The molecule has 1 atom stereocenters. The van der Waals surface area contributed by atoms with Gasteiger partial charge in [0.25, 0.3) is 0 Å². The van der Waals surface area contributed by atoms with Crippen LogP contribution < -0.4 is 0 Å². The number of hydrogen-bond acceptors (Lipinski definition) is 0. The molecule has 0 aromatic heterocycles. The van der Waals surface area contributed by atoms with Gasteiger partial charge in [0.05, 0.1) is 0 Å². The van der Waals surface area contributed by atoms with Crippen LogP contribution in [0.5, 0.6) is 0 Å². The Morgan fingerprint density at radius 1 is 0.765 bits per heavy atom. The summed E-state index contributed by atoms with van der Waals surface area (Å²) >= 11 is 0. The van der Waals surface area contributed by atoms with Gasteiger partial charge in [0.15, 0.2) is 0 Å². The highest BCUT2D eigenvalue weighted by molar-refractivity contribution is 5.18. The number of hydrogen-bond donors (Lipinski definition) is 0. The molecule has 0 spiro atoms. The van der Waals surface area contributed by atoms with Gasteiger partial charge in [-0.15, -0.1) is 0 Å². The van der Waals surface area contributed by atoms with Gasteiger partial charge in [-0.05, 0) is 66.7 Å². The maximum Gasteiger partial charge on any atom is -0.0229 e. The molecule has 0 nitrogen and oxygen atoms in total. The highest BCUT2D eigenvalue weighted by atomic mass is 14.1. The van der Waals surface area contributed by atoms with E-state index in [1.807, 2.05) is 53.7 Å². The quantitative estimate of drug-likeness (QED) is 0.277. The third-order valence-electron chi connectivity index (χ3n) is 4.40. The lowest BCUT2D eigenvalue weighted by Gasteiger charge is -2.13. The van der Waals surface area contributed by atoms with Gasteiger partial charge in [-0.1, -0.05) is 152 Å². The van der Waals surface area contributed by atoms with E-state index in [4.69, 9.17) is 0 Å². The van der Waals surface area contributed by atoms with Crippen molar-refractivity contribution in [2.24, 2.45) is 5.92 Å². The van der Waals surface area contributed by atoms with Gasteiger partial charge in [-0.3, -0.25) is 0 Å². The molecule has 0 amide bonds. The predicted octanol–water partition coefficient (Wildman–Crippen LogP) is 12.8. The van der Waals surface area contributed by atoms with E-state index in [9.17, 15) is 0 Å². The summed E-state index contributed by atoms with van der Waals surface area (Å²) in [6.45, 7) is 36.8. The van der Waals surface area contributed by atoms with Crippen LogP contribution in [0.15, 0.2) is 83.6 Å². The van der Waals surface area contributed by atoms with Crippen molar-refractivity contribution in [2.75, 3.05) is 0 Å². The van der Waals surface area contributed by atoms with Crippen LogP contribution in [-0.4, -0.2) is 0 Å². The van der Waals surface area contributed by atoms with Gasteiger partial charge in [-0.25, -0.2) is 0 Å². The smallest absolute Gasteiger partial charge is 0.0229 e. The summed E-state index contributed by atoms with van der Waals surface area (Å²) in [5.74, 6) is 0.765. The molecular weight excluding hydrogens is 408 g/mol. The lowest BCUT2D eigenvalue weighted by atomic mass is 9.93. The molecule has 0 bridgehead atoms. The molecule has 1 unspecified atom stereocenters. The largest absolute Gasteiger partial charge is 0.0961 e. The summed E-state index contributed by atoms with van der Waals surface area (Å²) < 4.78 is 0. The second-order valence-electron chi connectivity index (χ2n) is 8.30. The minimum atomic E-state index is 0.765. The molecule has 0 aromatic rings. The van der Waals surface area contributed by atoms with Gasteiger partial charge < -0.3 is 0 Å². The zero-order valence-electron chi connectivity index (χ0n) is 26.1. The molecule has 0 N–H and O–H groups in total. The summed E-state index contributed by atoms with van der Waals surface area (Å²) in [6, 6.07) is 0. The van der Waals surface area contributed by atoms with E-state index in [0.717, 1.165) is 23.5 Å². The number of rotatable bonds is 10. The SMILES string of the molecule is C/C=C\C=C(/CC)C(C)CCCC.C=C(C)/C=C(\C)CC.C=C(C)/C=C\C=C(C)C.CC.CC. The Morgan fingerprint density at radius 2 is 1.29 bits per heavy atom. The summed E-state index contributed by atoms with van der Waals surface area (Å²) in [4.78, 5) is 0. The molecule has 34 heavy (non-hydrogen) atoms. The Kier molecular flexibility index (Phi) is 44.5. The molecule has 0 heterocycles. The number of allylic oxidation sites excluding steroid dienone is 12. The molecule has 0 saturated heterocycles. The molecule has 0 rings (SSSR count). The Bertz CT molecular complexity index is 584.